The summed E-state index contributed by atoms with van der Waals surface area (Å²) in [5.74, 6) is 0.348. The Morgan fingerprint density at radius 1 is 1.38 bits per heavy atom. The zero-order chi connectivity index (χ0) is 19.1. The van der Waals surface area contributed by atoms with E-state index in [1.54, 1.807) is 6.20 Å². The van der Waals surface area contributed by atoms with E-state index in [4.69, 9.17) is 22.3 Å². The highest BCUT2D eigenvalue weighted by molar-refractivity contribution is 5.95. The molecule has 0 atom stereocenters. The van der Waals surface area contributed by atoms with E-state index >= 15 is 0 Å². The highest BCUT2D eigenvalue weighted by atomic mass is 14.9. The van der Waals surface area contributed by atoms with Crippen LogP contribution in [0.3, 0.4) is 0 Å². The van der Waals surface area contributed by atoms with Crippen molar-refractivity contribution in [3.63, 3.8) is 0 Å². The lowest BCUT2D eigenvalue weighted by Gasteiger charge is -2.27. The molecule has 1 aliphatic heterocycles. The van der Waals surface area contributed by atoms with Crippen LogP contribution in [0, 0.1) is 17.7 Å². The minimum absolute atomic E-state index is 0.348. The van der Waals surface area contributed by atoms with Crippen molar-refractivity contribution in [2.24, 2.45) is 5.73 Å². The third-order valence-electron chi connectivity index (χ3n) is 4.55. The van der Waals surface area contributed by atoms with Gasteiger partial charge in [-0.3, -0.25) is 0 Å². The van der Waals surface area contributed by atoms with E-state index in [1.807, 2.05) is 6.92 Å². The number of nitrogens with one attached hydrogen (secondary N) is 3. The van der Waals surface area contributed by atoms with E-state index in [2.05, 4.69) is 23.3 Å². The first-order valence-electron chi connectivity index (χ1n) is 8.95. The molecule has 1 aromatic heterocycles. The first kappa shape index (κ1) is 19.4. The topological polar surface area (TPSA) is 125 Å². The summed E-state index contributed by atoms with van der Waals surface area (Å²) in [6, 6.07) is 0. The van der Waals surface area contributed by atoms with Crippen LogP contribution in [0.25, 0.3) is 5.70 Å². The van der Waals surface area contributed by atoms with Crippen LogP contribution < -0.4 is 16.8 Å². The predicted octanol–water partition coefficient (Wildman–Crippen LogP) is 3.28. The Kier molecular flexibility index (Phi) is 6.72. The second-order valence-corrected chi connectivity index (χ2v) is 6.32. The predicted molar refractivity (Wildman–Crippen MR) is 109 cm³/mol. The molecule has 1 aromatic rings. The Labute approximate surface area is 155 Å². The first-order chi connectivity index (χ1) is 12.6. The van der Waals surface area contributed by atoms with Crippen LogP contribution in [0.2, 0.25) is 0 Å². The van der Waals surface area contributed by atoms with Gasteiger partial charge in [-0.05, 0) is 42.9 Å². The summed E-state index contributed by atoms with van der Waals surface area (Å²) in [5, 5.41) is 19.0. The van der Waals surface area contributed by atoms with Crippen LogP contribution in [-0.4, -0.2) is 24.0 Å². The minimum atomic E-state index is 0.348. The average Bonchev–Trinajstić information content (AvgIpc) is 2.67. The van der Waals surface area contributed by atoms with Crippen molar-refractivity contribution in [1.82, 2.24) is 10.3 Å². The van der Waals surface area contributed by atoms with E-state index in [9.17, 15) is 0 Å². The molecule has 0 unspecified atom stereocenters. The number of hydrogen-bond acceptors (Lipinski definition) is 6. The molecular weight excluding hydrogens is 324 g/mol. The van der Waals surface area contributed by atoms with E-state index < -0.39 is 0 Å². The molecule has 7 N–H and O–H groups in total. The number of rotatable bonds is 7. The summed E-state index contributed by atoms with van der Waals surface area (Å²) in [4.78, 5) is 4.19. The van der Waals surface area contributed by atoms with Crippen LogP contribution in [-0.2, 0) is 0 Å². The number of nitrogens with two attached hydrogens (primary N) is 2. The number of unbranched alkanes of at least 4 members (excludes halogenated alkanes) is 1. The van der Waals surface area contributed by atoms with Gasteiger partial charge < -0.3 is 27.6 Å². The molecule has 26 heavy (non-hydrogen) atoms. The lowest BCUT2D eigenvalue weighted by atomic mass is 9.86. The zero-order valence-corrected chi connectivity index (χ0v) is 15.5. The maximum Gasteiger partial charge on any atom is 0.132 e. The highest BCUT2D eigenvalue weighted by Crippen LogP contribution is 2.35. The second kappa shape index (κ2) is 8.99. The van der Waals surface area contributed by atoms with Crippen molar-refractivity contribution in [2.75, 3.05) is 12.3 Å². The molecule has 0 saturated heterocycles. The van der Waals surface area contributed by atoms with E-state index in [0.29, 0.717) is 17.0 Å². The van der Waals surface area contributed by atoms with Gasteiger partial charge in [0, 0.05) is 53.8 Å². The molecule has 6 heteroatoms. The number of aromatic nitrogens is 1. The number of aryl methyl sites for hydroxylation is 1. The molecule has 0 fully saturated rings. The Morgan fingerprint density at radius 2 is 2.15 bits per heavy atom. The molecule has 0 aliphatic carbocycles. The minimum Gasteiger partial charge on any atom is -0.404 e. The largest absolute Gasteiger partial charge is 0.404 e. The number of hydrogen-bond donors (Lipinski definition) is 5. The van der Waals surface area contributed by atoms with Gasteiger partial charge in [0.15, 0.2) is 0 Å². The SMILES string of the molecule is CCC/C=C(C1=C(c2c(C)cnc(N)c2C=N)NCCC1)\C(C=N)=C\N. The van der Waals surface area contributed by atoms with Gasteiger partial charge in [0.1, 0.15) is 5.82 Å². The molecule has 2 heterocycles. The third kappa shape index (κ3) is 3.85. The fourth-order valence-corrected chi connectivity index (χ4v) is 3.26. The summed E-state index contributed by atoms with van der Waals surface area (Å²) >= 11 is 0. The Hall–Kier alpha value is -2.89. The van der Waals surface area contributed by atoms with Crippen molar-refractivity contribution >= 4 is 23.9 Å². The Bertz CT molecular complexity index is 786. The number of nitrogen functional groups attached to an aromatic ring is 1. The van der Waals surface area contributed by atoms with Crippen LogP contribution in [0.4, 0.5) is 5.82 Å². The van der Waals surface area contributed by atoms with Gasteiger partial charge in [-0.1, -0.05) is 19.4 Å². The summed E-state index contributed by atoms with van der Waals surface area (Å²) in [6.45, 7) is 4.95. The number of nitrogens with zero attached hydrogens (tertiary/aromatic N) is 1. The second-order valence-electron chi connectivity index (χ2n) is 6.32. The van der Waals surface area contributed by atoms with Crippen molar-refractivity contribution in [3.8, 4) is 0 Å². The maximum absolute atomic E-state index is 7.80. The van der Waals surface area contributed by atoms with Gasteiger partial charge in [0.05, 0.1) is 0 Å². The number of anilines is 1. The molecule has 2 rings (SSSR count). The molecule has 0 amide bonds. The van der Waals surface area contributed by atoms with Crippen LogP contribution in [0.1, 0.15) is 49.3 Å². The Morgan fingerprint density at radius 3 is 2.77 bits per heavy atom. The smallest absolute Gasteiger partial charge is 0.132 e. The van der Waals surface area contributed by atoms with E-state index in [1.165, 1.54) is 18.6 Å². The van der Waals surface area contributed by atoms with Gasteiger partial charge in [-0.2, -0.15) is 0 Å². The molecule has 138 valence electrons. The van der Waals surface area contributed by atoms with Crippen molar-refractivity contribution < 1.29 is 0 Å². The normalized spacial score (nSPS) is 15.6. The van der Waals surface area contributed by atoms with E-state index in [-0.39, 0.29) is 0 Å². The van der Waals surface area contributed by atoms with Gasteiger partial charge in [0.2, 0.25) is 0 Å². The molecule has 0 spiro atoms. The van der Waals surface area contributed by atoms with Crippen LogP contribution in [0.15, 0.2) is 35.2 Å². The first-order valence-corrected chi connectivity index (χ1v) is 8.95. The van der Waals surface area contributed by atoms with Gasteiger partial charge in [-0.15, -0.1) is 0 Å². The molecular formula is C20H28N6. The van der Waals surface area contributed by atoms with Gasteiger partial charge in [0.25, 0.3) is 0 Å². The van der Waals surface area contributed by atoms with Crippen molar-refractivity contribution in [2.45, 2.75) is 39.5 Å². The van der Waals surface area contributed by atoms with Gasteiger partial charge in [-0.25, -0.2) is 4.98 Å². The summed E-state index contributed by atoms with van der Waals surface area (Å²) in [7, 11) is 0. The molecule has 6 nitrogen and oxygen atoms in total. The zero-order valence-electron chi connectivity index (χ0n) is 15.5. The van der Waals surface area contributed by atoms with Crippen molar-refractivity contribution in [3.05, 3.63) is 51.9 Å². The molecule has 0 radical (unpaired) electrons. The average molecular weight is 352 g/mol. The quantitative estimate of drug-likeness (QED) is 0.381. The van der Waals surface area contributed by atoms with Crippen molar-refractivity contribution in [1.29, 1.82) is 10.8 Å². The fourth-order valence-electron chi connectivity index (χ4n) is 3.26. The molecule has 0 saturated carbocycles. The highest BCUT2D eigenvalue weighted by Gasteiger charge is 2.23. The standard InChI is InChI=1S/C20H28N6/c1-3-4-6-15(14(9-21)10-22)16-7-5-8-25-19(16)18-13(2)12-26-20(24)17(18)11-23/h6,9-12,21,23,25H,3-5,7-8,22H2,1-2H3,(H2,24,26)/b14-10+,15-6+,21-9?,23-11?. The molecule has 1 aliphatic rings. The number of allylic oxidation sites excluding steroid dienone is 4. The molecule has 0 bridgehead atoms. The lowest BCUT2D eigenvalue weighted by Crippen LogP contribution is -2.24. The molecule has 0 aromatic carbocycles. The van der Waals surface area contributed by atoms with Crippen LogP contribution >= 0.6 is 0 Å². The monoisotopic (exact) mass is 352 g/mol. The summed E-state index contributed by atoms with van der Waals surface area (Å²) in [6.07, 6.45) is 11.7. The Balaban J connectivity index is 2.78. The lowest BCUT2D eigenvalue weighted by molar-refractivity contribution is 0.719. The third-order valence-corrected chi connectivity index (χ3v) is 4.55. The van der Waals surface area contributed by atoms with Crippen LogP contribution in [0.5, 0.6) is 0 Å². The summed E-state index contributed by atoms with van der Waals surface area (Å²) < 4.78 is 0. The summed E-state index contributed by atoms with van der Waals surface area (Å²) in [5.41, 5.74) is 18.1. The fraction of sp³-hybridized carbons (Fsp3) is 0.350. The van der Waals surface area contributed by atoms with E-state index in [0.717, 1.165) is 60.2 Å². The maximum atomic E-state index is 7.80. The van der Waals surface area contributed by atoms with Gasteiger partial charge >= 0.3 is 0 Å². The number of pyridine rings is 1.